The highest BCUT2D eigenvalue weighted by Gasteiger charge is 2.54. The Hall–Kier alpha value is -2.80. The molecule has 1 amide bonds. The van der Waals surface area contributed by atoms with Crippen molar-refractivity contribution >= 4 is 21.8 Å². The number of hydrogen-bond acceptors (Lipinski definition) is 7. The summed E-state index contributed by atoms with van der Waals surface area (Å²) in [6, 6.07) is 13.7. The number of hydrogen-bond donors (Lipinski definition) is 1. The molecule has 3 atom stereocenters. The third-order valence-electron chi connectivity index (χ3n) is 11.2. The second-order valence-corrected chi connectivity index (χ2v) is 16.5. The molecule has 2 aromatic carbocycles. The Kier molecular flexibility index (Phi) is 9.86. The van der Waals surface area contributed by atoms with Crippen LogP contribution in [0.15, 0.2) is 53.4 Å². The molecule has 258 valence electrons. The number of methoxy groups -OCH3 is 1. The van der Waals surface area contributed by atoms with Crippen LogP contribution in [-0.2, 0) is 20.2 Å². The lowest BCUT2D eigenvalue weighted by atomic mass is 9.57. The number of alkyl halides is 1. The smallest absolute Gasteiger partial charge is 0.407 e. The molecule has 12 heteroatoms. The lowest BCUT2D eigenvalue weighted by molar-refractivity contribution is 0.00584. The Bertz CT molecular complexity index is 1510. The maximum atomic E-state index is 16.0. The van der Waals surface area contributed by atoms with Crippen molar-refractivity contribution in [3.63, 3.8) is 0 Å². The SMILES string of the molecule is COC(=O)N[C@H]1CCC[C@@H]1C(CN1CCC1)(c1cccc(F)c1)C1CCN(CC2(F)CN(c3ccc(S(=O)(=O)N(C)C)cc3)C2)CC1. The van der Waals surface area contributed by atoms with E-state index in [-0.39, 0.29) is 47.1 Å². The average Bonchev–Trinajstić information content (AvgIpc) is 3.48. The number of carbonyl (C=O) groups is 1. The molecule has 0 spiro atoms. The molecule has 0 radical (unpaired) electrons. The van der Waals surface area contributed by atoms with Gasteiger partial charge in [-0.05, 0) is 112 Å². The fourth-order valence-electron chi connectivity index (χ4n) is 8.70. The number of nitrogens with one attached hydrogen (secondary N) is 1. The number of anilines is 1. The van der Waals surface area contributed by atoms with Gasteiger partial charge in [0.1, 0.15) is 5.82 Å². The molecule has 47 heavy (non-hydrogen) atoms. The zero-order valence-electron chi connectivity index (χ0n) is 27.8. The van der Waals surface area contributed by atoms with Crippen molar-refractivity contribution in [2.24, 2.45) is 11.8 Å². The fourth-order valence-corrected chi connectivity index (χ4v) is 9.61. The van der Waals surface area contributed by atoms with Crippen molar-refractivity contribution in [2.45, 2.75) is 60.5 Å². The summed E-state index contributed by atoms with van der Waals surface area (Å²) in [5.74, 6) is 0.134. The highest BCUT2D eigenvalue weighted by molar-refractivity contribution is 7.89. The van der Waals surface area contributed by atoms with Crippen molar-refractivity contribution < 1.29 is 26.7 Å². The van der Waals surface area contributed by atoms with Gasteiger partial charge in [0.2, 0.25) is 10.0 Å². The normalized spacial score (nSPS) is 25.2. The summed E-state index contributed by atoms with van der Waals surface area (Å²) in [5.41, 5.74) is 0.114. The van der Waals surface area contributed by atoms with Crippen LogP contribution in [0.5, 0.6) is 0 Å². The molecule has 0 bridgehead atoms. The number of nitrogens with zero attached hydrogens (tertiary/aromatic N) is 4. The van der Waals surface area contributed by atoms with Gasteiger partial charge in [-0.1, -0.05) is 18.6 Å². The first-order chi connectivity index (χ1) is 22.4. The lowest BCUT2D eigenvalue weighted by Crippen LogP contribution is -2.65. The zero-order valence-corrected chi connectivity index (χ0v) is 28.7. The Morgan fingerprint density at radius 3 is 2.30 bits per heavy atom. The Labute approximate surface area is 278 Å². The predicted octanol–water partition coefficient (Wildman–Crippen LogP) is 4.48. The number of alkyl carbamates (subject to hydrolysis) is 1. The molecule has 4 fully saturated rings. The summed E-state index contributed by atoms with van der Waals surface area (Å²) < 4.78 is 62.0. The number of rotatable bonds is 11. The molecule has 3 saturated heterocycles. The summed E-state index contributed by atoms with van der Waals surface area (Å²) in [6.07, 6.45) is 5.27. The van der Waals surface area contributed by atoms with Gasteiger partial charge in [0.15, 0.2) is 5.67 Å². The molecular formula is C35H49F2N5O4S. The van der Waals surface area contributed by atoms with E-state index in [0.717, 1.165) is 82.5 Å². The van der Waals surface area contributed by atoms with Gasteiger partial charge in [0.05, 0.1) is 25.1 Å². The Morgan fingerprint density at radius 2 is 1.70 bits per heavy atom. The van der Waals surface area contributed by atoms with Crippen molar-refractivity contribution in [1.29, 1.82) is 0 Å². The minimum absolute atomic E-state index is 0.0582. The molecule has 4 aliphatic rings. The molecule has 2 aromatic rings. The third-order valence-corrected chi connectivity index (χ3v) is 13.0. The molecule has 6 rings (SSSR count). The van der Waals surface area contributed by atoms with Gasteiger partial charge in [-0.15, -0.1) is 0 Å². The largest absolute Gasteiger partial charge is 0.453 e. The van der Waals surface area contributed by atoms with Crippen molar-refractivity contribution in [3.05, 3.63) is 59.9 Å². The first-order valence-electron chi connectivity index (χ1n) is 17.0. The molecule has 3 heterocycles. The van der Waals surface area contributed by atoms with E-state index in [0.29, 0.717) is 6.54 Å². The molecule has 1 aliphatic carbocycles. The van der Waals surface area contributed by atoms with Crippen molar-refractivity contribution in [2.75, 3.05) is 78.5 Å². The number of benzene rings is 2. The molecule has 9 nitrogen and oxygen atoms in total. The number of halogens is 2. The van der Waals surface area contributed by atoms with Crippen LogP contribution in [0, 0.1) is 17.7 Å². The average molecular weight is 674 g/mol. The van der Waals surface area contributed by atoms with Crippen LogP contribution >= 0.6 is 0 Å². The summed E-state index contributed by atoms with van der Waals surface area (Å²) in [5, 5.41) is 3.13. The number of sulfonamides is 1. The Balaban J connectivity index is 1.16. The first kappa shape index (κ1) is 34.1. The van der Waals surface area contributed by atoms with E-state index < -0.39 is 21.8 Å². The van der Waals surface area contributed by atoms with Crippen molar-refractivity contribution in [3.8, 4) is 0 Å². The maximum absolute atomic E-state index is 16.0. The molecule has 1 N–H and O–H groups in total. The van der Waals surface area contributed by atoms with Crippen LogP contribution in [0.2, 0.25) is 0 Å². The van der Waals surface area contributed by atoms with Crippen LogP contribution < -0.4 is 10.2 Å². The Morgan fingerprint density at radius 1 is 1.00 bits per heavy atom. The number of carbonyl (C=O) groups excluding carboxylic acids is 1. The van der Waals surface area contributed by atoms with E-state index >= 15 is 4.39 Å². The van der Waals surface area contributed by atoms with Gasteiger partial charge in [0.25, 0.3) is 0 Å². The van der Waals surface area contributed by atoms with E-state index in [1.54, 1.807) is 30.3 Å². The topological polar surface area (TPSA) is 85.4 Å². The van der Waals surface area contributed by atoms with Gasteiger partial charge in [0, 0.05) is 44.3 Å². The van der Waals surface area contributed by atoms with E-state index in [2.05, 4.69) is 21.2 Å². The van der Waals surface area contributed by atoms with Crippen LogP contribution in [0.4, 0.5) is 19.3 Å². The minimum atomic E-state index is -3.52. The second kappa shape index (κ2) is 13.6. The number of piperidine rings is 1. The van der Waals surface area contributed by atoms with Crippen LogP contribution in [0.25, 0.3) is 0 Å². The lowest BCUT2D eigenvalue weighted by Gasteiger charge is -2.54. The zero-order chi connectivity index (χ0) is 33.4. The second-order valence-electron chi connectivity index (χ2n) is 14.3. The summed E-state index contributed by atoms with van der Waals surface area (Å²) in [4.78, 5) is 19.3. The van der Waals surface area contributed by atoms with Gasteiger partial charge in [-0.2, -0.15) is 0 Å². The predicted molar refractivity (Wildman–Crippen MR) is 178 cm³/mol. The highest BCUT2D eigenvalue weighted by atomic mass is 32.2. The first-order valence-corrected chi connectivity index (χ1v) is 18.4. The van der Waals surface area contributed by atoms with E-state index in [1.807, 2.05) is 11.0 Å². The molecule has 0 aromatic heterocycles. The number of likely N-dealkylation sites (tertiary alicyclic amines) is 2. The van der Waals surface area contributed by atoms with Crippen LogP contribution in [-0.4, -0.2) is 114 Å². The monoisotopic (exact) mass is 673 g/mol. The maximum Gasteiger partial charge on any atom is 0.407 e. The molecule has 3 aliphatic heterocycles. The van der Waals surface area contributed by atoms with Gasteiger partial charge < -0.3 is 19.9 Å². The summed E-state index contributed by atoms with van der Waals surface area (Å²) >= 11 is 0. The number of ether oxygens (including phenoxy) is 1. The molecular weight excluding hydrogens is 624 g/mol. The van der Waals surface area contributed by atoms with Crippen LogP contribution in [0.3, 0.4) is 0 Å². The third kappa shape index (κ3) is 6.89. The standard InChI is InChI=1S/C35H49F2N5O4S/c1-39(2)47(44,45)30-13-11-29(12-14-30)42-23-34(37,24-42)22-41-19-15-26(16-20-41)35(25-40-17-6-18-40,27-7-4-8-28(36)21-27)31-9-5-10-32(31)38-33(43)46-3/h4,7-8,11-14,21,26,31-32H,5-6,9-10,15-20,22-25H2,1-3H3,(H,38,43)/t31-,32-,35?/m0/s1. The van der Waals surface area contributed by atoms with Crippen LogP contribution in [0.1, 0.15) is 44.1 Å². The highest BCUT2D eigenvalue weighted by Crippen LogP contribution is 2.51. The summed E-state index contributed by atoms with van der Waals surface area (Å²) in [7, 11) is 0.875. The van der Waals surface area contributed by atoms with E-state index in [1.165, 1.54) is 31.6 Å². The molecule has 1 saturated carbocycles. The van der Waals surface area contributed by atoms with Gasteiger partial charge in [-0.25, -0.2) is 26.3 Å². The molecule has 1 unspecified atom stereocenters. The van der Waals surface area contributed by atoms with E-state index in [4.69, 9.17) is 4.74 Å². The quantitative estimate of drug-likeness (QED) is 0.377. The summed E-state index contributed by atoms with van der Waals surface area (Å²) in [6.45, 7) is 5.24. The van der Waals surface area contributed by atoms with E-state index in [9.17, 15) is 17.6 Å². The van der Waals surface area contributed by atoms with Gasteiger partial charge >= 0.3 is 6.09 Å². The van der Waals surface area contributed by atoms with Crippen molar-refractivity contribution in [1.82, 2.24) is 19.4 Å². The number of amides is 1. The van der Waals surface area contributed by atoms with Gasteiger partial charge in [-0.3, -0.25) is 4.90 Å². The fraction of sp³-hybridized carbons (Fsp3) is 0.629. The minimum Gasteiger partial charge on any atom is -0.453 e.